The zero-order valence-electron chi connectivity index (χ0n) is 18.1. The van der Waals surface area contributed by atoms with Gasteiger partial charge in [0.25, 0.3) is 5.91 Å². The molecule has 0 saturated heterocycles. The molecule has 166 valence electrons. The van der Waals surface area contributed by atoms with Crippen molar-refractivity contribution in [3.05, 3.63) is 101 Å². The number of carbonyl (C=O) groups excluding carboxylic acids is 1. The van der Waals surface area contributed by atoms with Crippen LogP contribution in [0.15, 0.2) is 94.7 Å². The largest absolute Gasteiger partial charge is 0.314 e. The maximum Gasteiger partial charge on any atom is 0.250 e. The number of allylic oxidation sites excluding steroid dienone is 1. The second-order valence-corrected chi connectivity index (χ2v) is 8.79. The summed E-state index contributed by atoms with van der Waals surface area (Å²) in [6.45, 7) is 2.51. The molecule has 0 radical (unpaired) electrons. The van der Waals surface area contributed by atoms with Gasteiger partial charge < -0.3 is 4.57 Å². The number of hydrazone groups is 1. The van der Waals surface area contributed by atoms with Crippen LogP contribution in [0.1, 0.15) is 18.1 Å². The minimum Gasteiger partial charge on any atom is -0.314 e. The van der Waals surface area contributed by atoms with Crippen LogP contribution in [-0.2, 0) is 11.3 Å². The minimum atomic E-state index is -0.194. The molecule has 7 heteroatoms. The summed E-state index contributed by atoms with van der Waals surface area (Å²) in [7, 11) is 0. The molecule has 3 aromatic carbocycles. The number of amides is 1. The number of hydrogen-bond acceptors (Lipinski definition) is 4. The first-order chi connectivity index (χ1) is 16.1. The van der Waals surface area contributed by atoms with Gasteiger partial charge in [-0.1, -0.05) is 90.1 Å². The van der Waals surface area contributed by atoms with Gasteiger partial charge in [-0.2, -0.15) is 5.10 Å². The topological polar surface area (TPSA) is 59.3 Å². The summed E-state index contributed by atoms with van der Waals surface area (Å²) in [5, 5.41) is 5.54. The highest BCUT2D eigenvalue weighted by Gasteiger charge is 2.14. The molecule has 33 heavy (non-hydrogen) atoms. The maximum absolute atomic E-state index is 12.4. The van der Waals surface area contributed by atoms with Crippen molar-refractivity contribution in [3.8, 4) is 0 Å². The van der Waals surface area contributed by atoms with E-state index in [2.05, 4.69) is 15.1 Å². The number of rotatable bonds is 8. The molecular formula is C26H23ClN4OS. The van der Waals surface area contributed by atoms with Crippen LogP contribution in [0.3, 0.4) is 0 Å². The van der Waals surface area contributed by atoms with Gasteiger partial charge in [0.15, 0.2) is 5.16 Å². The van der Waals surface area contributed by atoms with E-state index in [0.29, 0.717) is 11.6 Å². The molecule has 1 N–H and O–H groups in total. The number of hydrogen-bond donors (Lipinski definition) is 1. The Kier molecular flexibility index (Phi) is 7.60. The van der Waals surface area contributed by atoms with Crippen LogP contribution < -0.4 is 5.43 Å². The van der Waals surface area contributed by atoms with Crippen LogP contribution in [0.2, 0.25) is 5.02 Å². The van der Waals surface area contributed by atoms with Crippen molar-refractivity contribution < 1.29 is 4.79 Å². The molecule has 0 fully saturated rings. The molecule has 0 spiro atoms. The predicted molar refractivity (Wildman–Crippen MR) is 138 cm³/mol. The van der Waals surface area contributed by atoms with Crippen LogP contribution in [-0.4, -0.2) is 27.4 Å². The zero-order valence-corrected chi connectivity index (χ0v) is 19.7. The number of imidazole rings is 1. The summed E-state index contributed by atoms with van der Waals surface area (Å²) in [5.41, 5.74) is 7.50. The number of fused-ring (bicyclic) bond motifs is 1. The number of benzene rings is 3. The fourth-order valence-corrected chi connectivity index (χ4v) is 4.33. The van der Waals surface area contributed by atoms with Crippen LogP contribution in [0.25, 0.3) is 17.1 Å². The molecule has 0 aliphatic rings. The first-order valence-corrected chi connectivity index (χ1v) is 11.8. The quantitative estimate of drug-likeness (QED) is 0.192. The second-order valence-electron chi connectivity index (χ2n) is 7.44. The van der Waals surface area contributed by atoms with Crippen molar-refractivity contribution in [2.75, 3.05) is 5.75 Å². The van der Waals surface area contributed by atoms with Gasteiger partial charge in [-0.05, 0) is 41.8 Å². The highest BCUT2D eigenvalue weighted by atomic mass is 35.5. The lowest BCUT2D eigenvalue weighted by atomic mass is 10.1. The van der Waals surface area contributed by atoms with Crippen LogP contribution in [0.4, 0.5) is 0 Å². The number of nitrogens with zero attached hydrogens (tertiary/aromatic N) is 3. The number of halogens is 1. The number of carbonyl (C=O) groups is 1. The van der Waals surface area contributed by atoms with E-state index in [1.54, 1.807) is 6.21 Å². The van der Waals surface area contributed by atoms with E-state index in [1.165, 1.54) is 11.8 Å². The van der Waals surface area contributed by atoms with Crippen molar-refractivity contribution in [2.45, 2.75) is 18.6 Å². The SMILES string of the molecule is CC(/C=N\NC(=O)CSc1nc2ccccc2n1Cc1ccccc1Cl)=C/c1ccccc1. The molecule has 0 saturated carbocycles. The normalized spacial score (nSPS) is 11.9. The third kappa shape index (κ3) is 6.12. The summed E-state index contributed by atoms with van der Waals surface area (Å²) < 4.78 is 2.09. The summed E-state index contributed by atoms with van der Waals surface area (Å²) in [5.74, 6) is 0.00470. The van der Waals surface area contributed by atoms with Crippen molar-refractivity contribution >= 4 is 52.6 Å². The average Bonchev–Trinajstić information content (AvgIpc) is 3.17. The Labute approximate surface area is 202 Å². The van der Waals surface area contributed by atoms with Crippen molar-refractivity contribution in [3.63, 3.8) is 0 Å². The van der Waals surface area contributed by atoms with Crippen molar-refractivity contribution in [1.29, 1.82) is 0 Å². The molecule has 0 atom stereocenters. The highest BCUT2D eigenvalue weighted by molar-refractivity contribution is 7.99. The average molecular weight is 475 g/mol. The molecule has 0 unspecified atom stereocenters. The number of nitrogens with one attached hydrogen (secondary N) is 1. The first-order valence-electron chi connectivity index (χ1n) is 10.5. The predicted octanol–water partition coefficient (Wildman–Crippen LogP) is 6.04. The van der Waals surface area contributed by atoms with Gasteiger partial charge in [0.05, 0.1) is 29.5 Å². The van der Waals surface area contributed by atoms with Gasteiger partial charge in [0.2, 0.25) is 0 Å². The Hall–Kier alpha value is -3.35. The van der Waals surface area contributed by atoms with E-state index >= 15 is 0 Å². The Morgan fingerprint density at radius 3 is 2.61 bits per heavy atom. The van der Waals surface area contributed by atoms with Gasteiger partial charge in [0.1, 0.15) is 0 Å². The highest BCUT2D eigenvalue weighted by Crippen LogP contribution is 2.27. The van der Waals surface area contributed by atoms with Crippen molar-refractivity contribution in [2.24, 2.45) is 5.10 Å². The van der Waals surface area contributed by atoms with Gasteiger partial charge in [0, 0.05) is 5.02 Å². The standard InChI is InChI=1S/C26H23ClN4OS/c1-19(15-20-9-3-2-4-10-20)16-28-30-25(32)18-33-26-29-23-13-7-8-14-24(23)31(26)17-21-11-5-6-12-22(21)27/h2-16H,17-18H2,1H3,(H,30,32)/b19-15-,28-16-. The van der Waals surface area contributed by atoms with Gasteiger partial charge >= 0.3 is 0 Å². The lowest BCUT2D eigenvalue weighted by Gasteiger charge is -2.10. The van der Waals surface area contributed by atoms with Gasteiger partial charge in [-0.15, -0.1) is 0 Å². The molecule has 1 heterocycles. The fourth-order valence-electron chi connectivity index (χ4n) is 3.33. The lowest BCUT2D eigenvalue weighted by molar-refractivity contribution is -0.118. The van der Waals surface area contributed by atoms with Crippen LogP contribution in [0, 0.1) is 0 Å². The molecule has 1 amide bonds. The summed E-state index contributed by atoms with van der Waals surface area (Å²) in [6.07, 6.45) is 3.64. The number of para-hydroxylation sites is 2. The summed E-state index contributed by atoms with van der Waals surface area (Å²) in [4.78, 5) is 17.1. The third-order valence-corrected chi connectivity index (χ3v) is 6.23. The van der Waals surface area contributed by atoms with E-state index in [4.69, 9.17) is 16.6 Å². The number of thioether (sulfide) groups is 1. The van der Waals surface area contributed by atoms with Crippen LogP contribution in [0.5, 0.6) is 0 Å². The maximum atomic E-state index is 12.4. The second kappa shape index (κ2) is 11.0. The molecule has 0 aliphatic heterocycles. The molecule has 5 nitrogen and oxygen atoms in total. The Bertz CT molecular complexity index is 1310. The molecule has 0 bridgehead atoms. The van der Waals surface area contributed by atoms with Crippen molar-refractivity contribution in [1.82, 2.24) is 15.0 Å². The monoisotopic (exact) mass is 474 g/mol. The van der Waals surface area contributed by atoms with E-state index < -0.39 is 0 Å². The Balaban J connectivity index is 1.42. The summed E-state index contributed by atoms with van der Waals surface area (Å²) >= 11 is 7.76. The van der Waals surface area contributed by atoms with Gasteiger partial charge in [-0.3, -0.25) is 4.79 Å². The zero-order chi connectivity index (χ0) is 23.0. The molecule has 0 aliphatic carbocycles. The minimum absolute atomic E-state index is 0.194. The van der Waals surface area contributed by atoms with E-state index in [-0.39, 0.29) is 11.7 Å². The summed E-state index contributed by atoms with van der Waals surface area (Å²) in [6, 6.07) is 25.6. The smallest absolute Gasteiger partial charge is 0.250 e. The molecule has 4 aromatic rings. The van der Waals surface area contributed by atoms with Crippen LogP contribution >= 0.6 is 23.4 Å². The lowest BCUT2D eigenvalue weighted by Crippen LogP contribution is -2.20. The molecule has 1 aromatic heterocycles. The third-order valence-electron chi connectivity index (χ3n) is 4.89. The number of aromatic nitrogens is 2. The molecular weight excluding hydrogens is 452 g/mol. The van der Waals surface area contributed by atoms with E-state index in [9.17, 15) is 4.79 Å². The molecule has 4 rings (SSSR count). The fraction of sp³-hybridized carbons (Fsp3) is 0.115. The van der Waals surface area contributed by atoms with E-state index in [0.717, 1.165) is 32.9 Å². The first kappa shape index (κ1) is 22.8. The van der Waals surface area contributed by atoms with Gasteiger partial charge in [-0.25, -0.2) is 10.4 Å². The van der Waals surface area contributed by atoms with E-state index in [1.807, 2.05) is 91.9 Å². The Morgan fingerprint density at radius 2 is 1.79 bits per heavy atom. The Morgan fingerprint density at radius 1 is 1.06 bits per heavy atom.